The van der Waals surface area contributed by atoms with Gasteiger partial charge in [-0.2, -0.15) is 0 Å². The lowest BCUT2D eigenvalue weighted by molar-refractivity contribution is -0.117. The minimum absolute atomic E-state index is 0.161. The van der Waals surface area contributed by atoms with Gasteiger partial charge in [-0.25, -0.2) is 0 Å². The standard InChI is InChI=1S/C20H17BrN2O4/c21-14-3-7-16(8-4-14)26-12-17-9-10-18(27-17)20(25)23-15-5-1-13(2-6-15)11-19(22)24/h1-10H,11-12H2,(H2,22,24)(H,23,25). The van der Waals surface area contributed by atoms with Crippen LogP contribution in [0.15, 0.2) is 69.6 Å². The number of hydrogen-bond acceptors (Lipinski definition) is 4. The van der Waals surface area contributed by atoms with Crippen LogP contribution < -0.4 is 15.8 Å². The van der Waals surface area contributed by atoms with Crippen LogP contribution in [-0.2, 0) is 17.8 Å². The van der Waals surface area contributed by atoms with Gasteiger partial charge in [0.25, 0.3) is 5.91 Å². The second kappa shape index (κ2) is 8.55. The molecule has 1 heterocycles. The zero-order valence-corrected chi connectivity index (χ0v) is 15.9. The molecule has 7 heteroatoms. The maximum Gasteiger partial charge on any atom is 0.291 e. The molecule has 3 rings (SSSR count). The van der Waals surface area contributed by atoms with E-state index >= 15 is 0 Å². The topological polar surface area (TPSA) is 94.6 Å². The molecule has 27 heavy (non-hydrogen) atoms. The zero-order chi connectivity index (χ0) is 19.2. The Morgan fingerprint density at radius 2 is 1.70 bits per heavy atom. The molecule has 2 aromatic carbocycles. The summed E-state index contributed by atoms with van der Waals surface area (Å²) in [5.41, 5.74) is 6.53. The van der Waals surface area contributed by atoms with Crippen molar-refractivity contribution < 1.29 is 18.7 Å². The van der Waals surface area contributed by atoms with Crippen LogP contribution in [0.25, 0.3) is 0 Å². The highest BCUT2D eigenvalue weighted by Gasteiger charge is 2.12. The number of nitrogens with one attached hydrogen (secondary N) is 1. The number of carbonyl (C=O) groups is 2. The van der Waals surface area contributed by atoms with E-state index in [2.05, 4.69) is 21.2 Å². The molecule has 0 aliphatic heterocycles. The van der Waals surface area contributed by atoms with Crippen molar-refractivity contribution >= 4 is 33.4 Å². The number of ether oxygens (including phenoxy) is 1. The molecular formula is C20H17BrN2O4. The quantitative estimate of drug-likeness (QED) is 0.596. The van der Waals surface area contributed by atoms with Gasteiger partial charge < -0.3 is 20.2 Å². The van der Waals surface area contributed by atoms with Crippen molar-refractivity contribution in [2.75, 3.05) is 5.32 Å². The predicted molar refractivity (Wildman–Crippen MR) is 104 cm³/mol. The lowest BCUT2D eigenvalue weighted by atomic mass is 10.1. The predicted octanol–water partition coefficient (Wildman–Crippen LogP) is 3.90. The van der Waals surface area contributed by atoms with E-state index in [4.69, 9.17) is 14.9 Å². The fourth-order valence-electron chi connectivity index (χ4n) is 2.36. The van der Waals surface area contributed by atoms with Gasteiger partial charge >= 0.3 is 0 Å². The molecule has 2 amide bonds. The van der Waals surface area contributed by atoms with Gasteiger partial charge in [-0.05, 0) is 54.1 Å². The van der Waals surface area contributed by atoms with E-state index in [0.29, 0.717) is 17.2 Å². The third-order valence-electron chi connectivity index (χ3n) is 3.67. The molecule has 3 aromatic rings. The summed E-state index contributed by atoms with van der Waals surface area (Å²) in [4.78, 5) is 23.2. The Morgan fingerprint density at radius 1 is 1.00 bits per heavy atom. The van der Waals surface area contributed by atoms with Crippen LogP contribution in [-0.4, -0.2) is 11.8 Å². The van der Waals surface area contributed by atoms with Gasteiger partial charge in [0, 0.05) is 10.2 Å². The van der Waals surface area contributed by atoms with E-state index in [9.17, 15) is 9.59 Å². The van der Waals surface area contributed by atoms with Crippen molar-refractivity contribution in [3.63, 3.8) is 0 Å². The van der Waals surface area contributed by atoms with Crippen molar-refractivity contribution in [2.45, 2.75) is 13.0 Å². The number of amides is 2. The van der Waals surface area contributed by atoms with E-state index in [-0.39, 0.29) is 24.7 Å². The first-order valence-corrected chi connectivity index (χ1v) is 8.94. The van der Waals surface area contributed by atoms with Crippen molar-refractivity contribution in [1.82, 2.24) is 0 Å². The van der Waals surface area contributed by atoms with Crippen molar-refractivity contribution in [3.8, 4) is 5.75 Å². The number of furan rings is 1. The maximum absolute atomic E-state index is 12.3. The van der Waals surface area contributed by atoms with Crippen LogP contribution in [0.1, 0.15) is 21.9 Å². The normalized spacial score (nSPS) is 10.4. The van der Waals surface area contributed by atoms with Gasteiger partial charge in [-0.3, -0.25) is 9.59 Å². The van der Waals surface area contributed by atoms with Gasteiger partial charge in [0.1, 0.15) is 18.1 Å². The van der Waals surface area contributed by atoms with E-state index in [1.165, 1.54) is 0 Å². The molecule has 0 saturated carbocycles. The number of rotatable bonds is 7. The highest BCUT2D eigenvalue weighted by molar-refractivity contribution is 9.10. The minimum atomic E-state index is -0.403. The molecule has 1 aromatic heterocycles. The fraction of sp³-hybridized carbons (Fsp3) is 0.100. The summed E-state index contributed by atoms with van der Waals surface area (Å²) in [7, 11) is 0. The summed E-state index contributed by atoms with van der Waals surface area (Å²) in [6, 6.07) is 17.6. The monoisotopic (exact) mass is 428 g/mol. The van der Waals surface area contributed by atoms with Crippen LogP contribution in [0.2, 0.25) is 0 Å². The molecule has 0 aliphatic carbocycles. The molecule has 0 atom stereocenters. The second-order valence-corrected chi connectivity index (χ2v) is 6.72. The van der Waals surface area contributed by atoms with E-state index in [0.717, 1.165) is 10.0 Å². The highest BCUT2D eigenvalue weighted by atomic mass is 79.9. The van der Waals surface area contributed by atoms with Crippen LogP contribution >= 0.6 is 15.9 Å². The van der Waals surface area contributed by atoms with Gasteiger partial charge in [0.2, 0.25) is 5.91 Å². The number of nitrogens with two attached hydrogens (primary N) is 1. The summed E-state index contributed by atoms with van der Waals surface area (Å²) >= 11 is 3.36. The van der Waals surface area contributed by atoms with Crippen LogP contribution in [0, 0.1) is 0 Å². The molecule has 0 aliphatic rings. The Kier molecular flexibility index (Phi) is 5.93. The number of carbonyl (C=O) groups excluding carboxylic acids is 2. The molecule has 0 fully saturated rings. The van der Waals surface area contributed by atoms with E-state index in [1.54, 1.807) is 36.4 Å². The summed E-state index contributed by atoms with van der Waals surface area (Å²) in [5, 5.41) is 2.74. The largest absolute Gasteiger partial charge is 0.486 e. The Morgan fingerprint density at radius 3 is 2.37 bits per heavy atom. The van der Waals surface area contributed by atoms with Crippen molar-refractivity contribution in [2.24, 2.45) is 5.73 Å². The third-order valence-corrected chi connectivity index (χ3v) is 4.20. The molecule has 0 radical (unpaired) electrons. The molecule has 0 unspecified atom stereocenters. The lowest BCUT2D eigenvalue weighted by Gasteiger charge is -2.05. The first kappa shape index (κ1) is 18.7. The highest BCUT2D eigenvalue weighted by Crippen LogP contribution is 2.19. The zero-order valence-electron chi connectivity index (χ0n) is 14.3. The van der Waals surface area contributed by atoms with Gasteiger partial charge in [0.15, 0.2) is 5.76 Å². The summed E-state index contributed by atoms with van der Waals surface area (Å²) in [6.07, 6.45) is 0.161. The van der Waals surface area contributed by atoms with Crippen molar-refractivity contribution in [3.05, 3.63) is 82.2 Å². The Bertz CT molecular complexity index is 933. The first-order chi connectivity index (χ1) is 13.0. The molecule has 0 saturated heterocycles. The van der Waals surface area contributed by atoms with Crippen LogP contribution in [0.4, 0.5) is 5.69 Å². The second-order valence-electron chi connectivity index (χ2n) is 5.80. The molecular weight excluding hydrogens is 412 g/mol. The minimum Gasteiger partial charge on any atom is -0.486 e. The molecule has 0 bridgehead atoms. The van der Waals surface area contributed by atoms with Crippen LogP contribution in [0.5, 0.6) is 5.75 Å². The van der Waals surface area contributed by atoms with E-state index < -0.39 is 5.91 Å². The number of halogens is 1. The number of primary amides is 1. The third kappa shape index (κ3) is 5.46. The molecule has 0 spiro atoms. The van der Waals surface area contributed by atoms with E-state index in [1.807, 2.05) is 24.3 Å². The fourth-order valence-corrected chi connectivity index (χ4v) is 2.63. The number of anilines is 1. The number of benzene rings is 2. The average Bonchev–Trinajstić information content (AvgIpc) is 3.12. The first-order valence-electron chi connectivity index (χ1n) is 8.15. The molecule has 138 valence electrons. The Hall–Kier alpha value is -3.06. The molecule has 3 N–H and O–H groups in total. The van der Waals surface area contributed by atoms with Gasteiger partial charge in [-0.1, -0.05) is 28.1 Å². The van der Waals surface area contributed by atoms with Crippen LogP contribution in [0.3, 0.4) is 0 Å². The smallest absolute Gasteiger partial charge is 0.291 e. The lowest BCUT2D eigenvalue weighted by Crippen LogP contribution is -2.14. The molecule has 6 nitrogen and oxygen atoms in total. The Balaban J connectivity index is 1.56. The maximum atomic E-state index is 12.3. The van der Waals surface area contributed by atoms with Gasteiger partial charge in [0.05, 0.1) is 6.42 Å². The summed E-state index contributed by atoms with van der Waals surface area (Å²) in [6.45, 7) is 0.219. The summed E-state index contributed by atoms with van der Waals surface area (Å²) < 4.78 is 12.1. The average molecular weight is 429 g/mol. The summed E-state index contributed by atoms with van der Waals surface area (Å²) in [5.74, 6) is 0.662. The number of hydrogen-bond donors (Lipinski definition) is 2. The van der Waals surface area contributed by atoms with Crippen molar-refractivity contribution in [1.29, 1.82) is 0 Å². The van der Waals surface area contributed by atoms with Gasteiger partial charge in [-0.15, -0.1) is 0 Å². The Labute approximate surface area is 164 Å². The SMILES string of the molecule is NC(=O)Cc1ccc(NC(=O)c2ccc(COc3ccc(Br)cc3)o2)cc1.